The van der Waals surface area contributed by atoms with Crippen molar-refractivity contribution in [3.05, 3.63) is 77.3 Å². The van der Waals surface area contributed by atoms with Gasteiger partial charge in [-0.05, 0) is 36.4 Å². The van der Waals surface area contributed by atoms with E-state index in [-0.39, 0.29) is 5.91 Å². The van der Waals surface area contributed by atoms with Crippen LogP contribution in [0, 0.1) is 0 Å². The molecule has 0 unspecified atom stereocenters. The number of hydrogen-bond donors (Lipinski definition) is 0. The van der Waals surface area contributed by atoms with Crippen LogP contribution >= 0.6 is 35.7 Å². The van der Waals surface area contributed by atoms with Crippen LogP contribution in [-0.2, 0) is 11.3 Å². The van der Waals surface area contributed by atoms with Gasteiger partial charge in [0.2, 0.25) is 0 Å². The summed E-state index contributed by atoms with van der Waals surface area (Å²) in [4.78, 5) is 15.8. The average molecular weight is 400 g/mol. The Morgan fingerprint density at radius 1 is 1.12 bits per heavy atom. The van der Waals surface area contributed by atoms with E-state index in [0.717, 1.165) is 9.99 Å². The van der Waals surface area contributed by atoms with Gasteiger partial charge in [0.1, 0.15) is 15.8 Å². The van der Waals surface area contributed by atoms with Crippen molar-refractivity contribution in [2.75, 3.05) is 0 Å². The molecule has 1 fully saturated rings. The van der Waals surface area contributed by atoms with Gasteiger partial charge in [0.15, 0.2) is 5.09 Å². The van der Waals surface area contributed by atoms with E-state index in [1.807, 2.05) is 48.5 Å². The van der Waals surface area contributed by atoms with Gasteiger partial charge < -0.3 is 8.83 Å². The largest absolute Gasteiger partial charge is 0.467 e. The lowest BCUT2D eigenvalue weighted by molar-refractivity contribution is -0.122. The summed E-state index contributed by atoms with van der Waals surface area (Å²) < 4.78 is 11.6. The Labute approximate surface area is 164 Å². The van der Waals surface area contributed by atoms with Crippen LogP contribution in [0.4, 0.5) is 0 Å². The van der Waals surface area contributed by atoms with Crippen LogP contribution < -0.4 is 0 Å². The third-order valence-electron chi connectivity index (χ3n) is 3.60. The Balaban J connectivity index is 1.48. The highest BCUT2D eigenvalue weighted by Gasteiger charge is 2.32. The number of benzene rings is 1. The maximum atomic E-state index is 12.6. The molecule has 2 aromatic heterocycles. The molecule has 1 saturated heterocycles. The molecule has 1 amide bonds. The molecule has 0 aliphatic carbocycles. The van der Waals surface area contributed by atoms with E-state index in [1.165, 1.54) is 28.4 Å². The summed E-state index contributed by atoms with van der Waals surface area (Å²) in [6.45, 7) is 0.336. The van der Waals surface area contributed by atoms with Crippen LogP contribution in [-0.4, -0.2) is 15.1 Å². The molecule has 0 spiro atoms. The van der Waals surface area contributed by atoms with Gasteiger partial charge >= 0.3 is 0 Å². The molecule has 4 nitrogen and oxygen atoms in total. The van der Waals surface area contributed by atoms with Crippen LogP contribution in [0.5, 0.6) is 0 Å². The Hall–Kier alpha value is -2.22. The molecule has 0 saturated carbocycles. The summed E-state index contributed by atoms with van der Waals surface area (Å²) in [5.41, 5.74) is 0. The molecule has 1 aliphatic heterocycles. The van der Waals surface area contributed by atoms with E-state index in [9.17, 15) is 4.79 Å². The van der Waals surface area contributed by atoms with Crippen molar-refractivity contribution in [1.82, 2.24) is 4.90 Å². The monoisotopic (exact) mass is 399 g/mol. The summed E-state index contributed by atoms with van der Waals surface area (Å²) in [6, 6.07) is 17.3. The molecule has 3 heterocycles. The fourth-order valence-corrected chi connectivity index (χ4v) is 4.43. The molecule has 26 heavy (non-hydrogen) atoms. The first-order valence-electron chi connectivity index (χ1n) is 7.79. The number of rotatable bonds is 5. The summed E-state index contributed by atoms with van der Waals surface area (Å²) in [6.07, 6.45) is 3.31. The Morgan fingerprint density at radius 3 is 2.73 bits per heavy atom. The number of furan rings is 2. The summed E-state index contributed by atoms with van der Waals surface area (Å²) in [7, 11) is 0. The van der Waals surface area contributed by atoms with Crippen LogP contribution in [0.15, 0.2) is 84.6 Å². The van der Waals surface area contributed by atoms with E-state index in [1.54, 1.807) is 18.4 Å². The third kappa shape index (κ3) is 3.80. The van der Waals surface area contributed by atoms with Gasteiger partial charge in [-0.15, -0.1) is 0 Å². The predicted molar refractivity (Wildman–Crippen MR) is 107 cm³/mol. The molecule has 0 N–H and O–H groups in total. The topological polar surface area (TPSA) is 46.6 Å². The first-order valence-corrected chi connectivity index (χ1v) is 9.84. The van der Waals surface area contributed by atoms with Gasteiger partial charge in [-0.1, -0.05) is 53.9 Å². The maximum Gasteiger partial charge on any atom is 0.266 e. The molecule has 1 aromatic carbocycles. The van der Waals surface area contributed by atoms with Crippen molar-refractivity contribution in [2.24, 2.45) is 0 Å². The minimum Gasteiger partial charge on any atom is -0.467 e. The molecule has 4 rings (SSSR count). The highest BCUT2D eigenvalue weighted by atomic mass is 32.2. The quantitative estimate of drug-likeness (QED) is 0.421. The highest BCUT2D eigenvalue weighted by molar-refractivity contribution is 8.26. The van der Waals surface area contributed by atoms with Gasteiger partial charge in [-0.3, -0.25) is 9.69 Å². The zero-order chi connectivity index (χ0) is 17.9. The van der Waals surface area contributed by atoms with Crippen LogP contribution in [0.2, 0.25) is 0 Å². The fourth-order valence-electron chi connectivity index (χ4n) is 2.40. The van der Waals surface area contributed by atoms with Crippen molar-refractivity contribution in [3.8, 4) is 0 Å². The van der Waals surface area contributed by atoms with E-state index in [4.69, 9.17) is 21.1 Å². The molecular formula is C19H13NO3S3. The normalized spacial score (nSPS) is 16.0. The smallest absolute Gasteiger partial charge is 0.266 e. The second-order valence-corrected chi connectivity index (χ2v) is 8.17. The standard InChI is InChI=1S/C19H13NO3S3/c21-18-16(26-19(24)20(18)12-14-5-4-10-22-14)11-13-8-9-17(23-13)25-15-6-2-1-3-7-15/h1-11H,12H2/b16-11+. The van der Waals surface area contributed by atoms with Crippen molar-refractivity contribution >= 4 is 52.0 Å². The maximum absolute atomic E-state index is 12.6. The van der Waals surface area contributed by atoms with E-state index >= 15 is 0 Å². The number of carbonyl (C=O) groups is 1. The lowest BCUT2D eigenvalue weighted by atomic mass is 10.3. The van der Waals surface area contributed by atoms with Gasteiger partial charge in [-0.25, -0.2) is 0 Å². The van der Waals surface area contributed by atoms with E-state index < -0.39 is 0 Å². The number of amides is 1. The van der Waals surface area contributed by atoms with Gasteiger partial charge in [0.05, 0.1) is 17.7 Å². The molecule has 0 radical (unpaired) electrons. The van der Waals surface area contributed by atoms with Crippen LogP contribution in [0.25, 0.3) is 6.08 Å². The predicted octanol–water partition coefficient (Wildman–Crippen LogP) is 5.43. The molecule has 7 heteroatoms. The van der Waals surface area contributed by atoms with Gasteiger partial charge in [-0.2, -0.15) is 0 Å². The lowest BCUT2D eigenvalue weighted by Crippen LogP contribution is -2.27. The van der Waals surface area contributed by atoms with Crippen molar-refractivity contribution in [3.63, 3.8) is 0 Å². The van der Waals surface area contributed by atoms with Gasteiger partial charge in [0.25, 0.3) is 5.91 Å². The minimum absolute atomic E-state index is 0.134. The fraction of sp³-hybridized carbons (Fsp3) is 0.0526. The Morgan fingerprint density at radius 2 is 1.96 bits per heavy atom. The van der Waals surface area contributed by atoms with Crippen LogP contribution in [0.1, 0.15) is 11.5 Å². The molecule has 130 valence electrons. The van der Waals surface area contributed by atoms with Crippen molar-refractivity contribution in [1.29, 1.82) is 0 Å². The second-order valence-electron chi connectivity index (χ2n) is 5.42. The number of thiocarbonyl (C=S) groups is 1. The second kappa shape index (κ2) is 7.57. The Bertz CT molecular complexity index is 961. The summed E-state index contributed by atoms with van der Waals surface area (Å²) >= 11 is 8.13. The number of nitrogens with zero attached hydrogens (tertiary/aromatic N) is 1. The lowest BCUT2D eigenvalue weighted by Gasteiger charge is -2.11. The number of hydrogen-bond acceptors (Lipinski definition) is 6. The highest BCUT2D eigenvalue weighted by Crippen LogP contribution is 2.35. The third-order valence-corrected chi connectivity index (χ3v) is 5.91. The molecule has 3 aromatic rings. The van der Waals surface area contributed by atoms with Crippen LogP contribution in [0.3, 0.4) is 0 Å². The Kier molecular flexibility index (Phi) is 5.01. The summed E-state index contributed by atoms with van der Waals surface area (Å²) in [5.74, 6) is 1.19. The molecular weight excluding hydrogens is 386 g/mol. The van der Waals surface area contributed by atoms with E-state index in [2.05, 4.69) is 0 Å². The molecule has 1 aliphatic rings. The minimum atomic E-state index is -0.134. The first kappa shape index (κ1) is 17.2. The molecule has 0 atom stereocenters. The first-order chi connectivity index (χ1) is 12.7. The average Bonchev–Trinajstić information content (AvgIpc) is 3.36. The number of carbonyl (C=O) groups excluding carboxylic acids is 1. The zero-order valence-electron chi connectivity index (χ0n) is 13.5. The SMILES string of the molecule is O=C1/C(=C\c2ccc(Sc3ccccc3)o2)SC(=S)N1Cc1ccco1. The van der Waals surface area contributed by atoms with E-state index in [0.29, 0.717) is 27.3 Å². The van der Waals surface area contributed by atoms with Gasteiger partial charge in [0, 0.05) is 11.0 Å². The molecule has 0 bridgehead atoms. The van der Waals surface area contributed by atoms with Crippen molar-refractivity contribution < 1.29 is 13.6 Å². The number of thioether (sulfide) groups is 1. The zero-order valence-corrected chi connectivity index (χ0v) is 15.9. The summed E-state index contributed by atoms with van der Waals surface area (Å²) in [5, 5.41) is 0.772. The van der Waals surface area contributed by atoms with Crippen molar-refractivity contribution in [2.45, 2.75) is 16.5 Å².